The zero-order valence-electron chi connectivity index (χ0n) is 14.6. The molecule has 3 rings (SSSR count). The van der Waals surface area contributed by atoms with E-state index in [1.54, 1.807) is 11.8 Å². The summed E-state index contributed by atoms with van der Waals surface area (Å²) in [6, 6.07) is 17.2. The predicted molar refractivity (Wildman–Crippen MR) is 99.0 cm³/mol. The Labute approximate surface area is 147 Å². The van der Waals surface area contributed by atoms with Crippen molar-refractivity contribution in [3.8, 4) is 17.0 Å². The summed E-state index contributed by atoms with van der Waals surface area (Å²) < 4.78 is 6.89. The van der Waals surface area contributed by atoms with Crippen molar-refractivity contribution in [1.29, 1.82) is 0 Å². The molecule has 0 radical (unpaired) electrons. The van der Waals surface area contributed by atoms with Gasteiger partial charge in [-0.2, -0.15) is 5.10 Å². The van der Waals surface area contributed by atoms with Gasteiger partial charge >= 0.3 is 0 Å². The van der Waals surface area contributed by atoms with E-state index in [2.05, 4.69) is 10.4 Å². The van der Waals surface area contributed by atoms with Crippen molar-refractivity contribution in [1.82, 2.24) is 9.78 Å². The van der Waals surface area contributed by atoms with Crippen molar-refractivity contribution < 1.29 is 9.53 Å². The third-order valence-corrected chi connectivity index (χ3v) is 3.97. The molecule has 0 fully saturated rings. The van der Waals surface area contributed by atoms with E-state index >= 15 is 0 Å². The van der Waals surface area contributed by atoms with Gasteiger partial charge in [0, 0.05) is 17.8 Å². The Balaban J connectivity index is 1.88. The zero-order valence-corrected chi connectivity index (χ0v) is 14.6. The molecule has 0 saturated carbocycles. The third-order valence-electron chi connectivity index (χ3n) is 3.97. The lowest BCUT2D eigenvalue weighted by atomic mass is 10.1. The number of carbonyl (C=O) groups excluding carboxylic acids is 1. The minimum atomic E-state index is -0.167. The van der Waals surface area contributed by atoms with Crippen LogP contribution in [0.1, 0.15) is 23.0 Å². The maximum Gasteiger partial charge on any atom is 0.273 e. The van der Waals surface area contributed by atoms with Crippen LogP contribution in [-0.4, -0.2) is 22.8 Å². The van der Waals surface area contributed by atoms with Gasteiger partial charge in [0.2, 0.25) is 0 Å². The summed E-state index contributed by atoms with van der Waals surface area (Å²) in [4.78, 5) is 12.7. The Kier molecular flexibility index (Phi) is 4.84. The number of aryl methyl sites for hydroxylation is 2. The number of ether oxygens (including phenoxy) is 1. The maximum absolute atomic E-state index is 12.7. The molecule has 3 aromatic rings. The van der Waals surface area contributed by atoms with E-state index in [1.165, 1.54) is 0 Å². The number of rotatable bonds is 5. The van der Waals surface area contributed by atoms with Crippen molar-refractivity contribution >= 4 is 11.6 Å². The molecule has 0 aliphatic rings. The number of nitrogens with one attached hydrogen (secondary N) is 1. The summed E-state index contributed by atoms with van der Waals surface area (Å²) in [6.07, 6.45) is 0. The topological polar surface area (TPSA) is 56.2 Å². The average Bonchev–Trinajstić information content (AvgIpc) is 3.06. The lowest BCUT2D eigenvalue weighted by Crippen LogP contribution is -2.17. The number of nitrogens with zero attached hydrogens (tertiary/aromatic N) is 2. The molecular formula is C20H21N3O2. The van der Waals surface area contributed by atoms with Gasteiger partial charge in [0.15, 0.2) is 0 Å². The second-order valence-corrected chi connectivity index (χ2v) is 5.78. The number of methoxy groups -OCH3 is 1. The Hall–Kier alpha value is -3.08. The molecule has 0 bridgehead atoms. The van der Waals surface area contributed by atoms with Crippen LogP contribution in [0.5, 0.6) is 5.75 Å². The number of carbonyl (C=O) groups is 1. The SMILES string of the molecule is CCn1nc(-c2ccc(OC)cc2)cc1C(=O)Nc1cccc(C)c1. The summed E-state index contributed by atoms with van der Waals surface area (Å²) in [5.41, 5.74) is 4.12. The number of anilines is 1. The van der Waals surface area contributed by atoms with Crippen molar-refractivity contribution in [2.24, 2.45) is 0 Å². The molecule has 0 aliphatic carbocycles. The first-order chi connectivity index (χ1) is 12.1. The van der Waals surface area contributed by atoms with Crippen LogP contribution in [0.25, 0.3) is 11.3 Å². The smallest absolute Gasteiger partial charge is 0.273 e. The van der Waals surface area contributed by atoms with Crippen LogP contribution < -0.4 is 10.1 Å². The second-order valence-electron chi connectivity index (χ2n) is 5.78. The molecule has 2 aromatic carbocycles. The van der Waals surface area contributed by atoms with Gasteiger partial charge in [0.05, 0.1) is 12.8 Å². The van der Waals surface area contributed by atoms with Crippen LogP contribution in [0.3, 0.4) is 0 Å². The molecule has 128 valence electrons. The van der Waals surface area contributed by atoms with Gasteiger partial charge in [0.25, 0.3) is 5.91 Å². The van der Waals surface area contributed by atoms with E-state index in [4.69, 9.17) is 4.74 Å². The molecule has 25 heavy (non-hydrogen) atoms. The van der Waals surface area contributed by atoms with Crippen LogP contribution in [0.4, 0.5) is 5.69 Å². The Morgan fingerprint density at radius 2 is 1.92 bits per heavy atom. The zero-order chi connectivity index (χ0) is 17.8. The van der Waals surface area contributed by atoms with Crippen LogP contribution in [0, 0.1) is 6.92 Å². The van der Waals surface area contributed by atoms with E-state index in [0.29, 0.717) is 12.2 Å². The first-order valence-corrected chi connectivity index (χ1v) is 8.21. The predicted octanol–water partition coefficient (Wildman–Crippen LogP) is 4.14. The first-order valence-electron chi connectivity index (χ1n) is 8.21. The maximum atomic E-state index is 12.7. The number of amides is 1. The summed E-state index contributed by atoms with van der Waals surface area (Å²) in [7, 11) is 1.63. The average molecular weight is 335 g/mol. The van der Waals surface area contributed by atoms with Crippen LogP contribution in [-0.2, 0) is 6.54 Å². The molecule has 0 unspecified atom stereocenters. The monoisotopic (exact) mass is 335 g/mol. The van der Waals surface area contributed by atoms with Gasteiger partial charge < -0.3 is 10.1 Å². The van der Waals surface area contributed by atoms with E-state index in [-0.39, 0.29) is 5.91 Å². The highest BCUT2D eigenvalue weighted by Gasteiger charge is 2.16. The standard InChI is InChI=1S/C20H21N3O2/c1-4-23-19(20(24)21-16-7-5-6-14(2)12-16)13-18(22-23)15-8-10-17(25-3)11-9-15/h5-13H,4H2,1-3H3,(H,21,24). The summed E-state index contributed by atoms with van der Waals surface area (Å²) in [5, 5.41) is 7.49. The molecule has 5 nitrogen and oxygen atoms in total. The van der Waals surface area contributed by atoms with E-state index < -0.39 is 0 Å². The molecule has 1 amide bonds. The number of hydrogen-bond acceptors (Lipinski definition) is 3. The fourth-order valence-electron chi connectivity index (χ4n) is 2.66. The van der Waals surface area contributed by atoms with Gasteiger partial charge in [-0.25, -0.2) is 0 Å². The first kappa shape index (κ1) is 16.8. The third kappa shape index (κ3) is 3.71. The van der Waals surface area contributed by atoms with Crippen molar-refractivity contribution in [3.63, 3.8) is 0 Å². The van der Waals surface area contributed by atoms with E-state index in [9.17, 15) is 4.79 Å². The van der Waals surface area contributed by atoms with Gasteiger partial charge in [0.1, 0.15) is 11.4 Å². The second kappa shape index (κ2) is 7.21. The summed E-state index contributed by atoms with van der Waals surface area (Å²) >= 11 is 0. The molecule has 0 atom stereocenters. The normalized spacial score (nSPS) is 10.5. The van der Waals surface area contributed by atoms with Gasteiger partial charge in [-0.15, -0.1) is 0 Å². The highest BCUT2D eigenvalue weighted by molar-refractivity contribution is 6.03. The number of hydrogen-bond donors (Lipinski definition) is 1. The minimum absolute atomic E-state index is 0.167. The highest BCUT2D eigenvalue weighted by atomic mass is 16.5. The van der Waals surface area contributed by atoms with Crippen LogP contribution in [0.15, 0.2) is 54.6 Å². The Morgan fingerprint density at radius 3 is 2.56 bits per heavy atom. The molecule has 1 aromatic heterocycles. The molecule has 1 heterocycles. The summed E-state index contributed by atoms with van der Waals surface area (Å²) in [5.74, 6) is 0.621. The fraction of sp³-hybridized carbons (Fsp3) is 0.200. The minimum Gasteiger partial charge on any atom is -0.497 e. The van der Waals surface area contributed by atoms with E-state index in [1.807, 2.05) is 68.4 Å². The Bertz CT molecular complexity index is 882. The molecule has 0 spiro atoms. The van der Waals surface area contributed by atoms with E-state index in [0.717, 1.165) is 28.3 Å². The lowest BCUT2D eigenvalue weighted by Gasteiger charge is -2.07. The Morgan fingerprint density at radius 1 is 1.16 bits per heavy atom. The summed E-state index contributed by atoms with van der Waals surface area (Å²) in [6.45, 7) is 4.58. The van der Waals surface area contributed by atoms with Crippen LogP contribution >= 0.6 is 0 Å². The number of aromatic nitrogens is 2. The van der Waals surface area contributed by atoms with Crippen molar-refractivity contribution in [2.75, 3.05) is 12.4 Å². The van der Waals surface area contributed by atoms with Gasteiger partial charge in [-0.1, -0.05) is 12.1 Å². The van der Waals surface area contributed by atoms with Gasteiger partial charge in [-0.3, -0.25) is 9.48 Å². The molecule has 5 heteroatoms. The molecule has 0 aliphatic heterocycles. The molecular weight excluding hydrogens is 314 g/mol. The highest BCUT2D eigenvalue weighted by Crippen LogP contribution is 2.23. The van der Waals surface area contributed by atoms with Gasteiger partial charge in [-0.05, 0) is 61.9 Å². The molecule has 0 saturated heterocycles. The van der Waals surface area contributed by atoms with Crippen LogP contribution in [0.2, 0.25) is 0 Å². The van der Waals surface area contributed by atoms with Crippen molar-refractivity contribution in [2.45, 2.75) is 20.4 Å². The molecule has 1 N–H and O–H groups in total. The quantitative estimate of drug-likeness (QED) is 0.762. The van der Waals surface area contributed by atoms with Crippen molar-refractivity contribution in [3.05, 3.63) is 65.9 Å². The fourth-order valence-corrected chi connectivity index (χ4v) is 2.66. The number of benzene rings is 2. The largest absolute Gasteiger partial charge is 0.497 e. The lowest BCUT2D eigenvalue weighted by molar-refractivity contribution is 0.101.